The van der Waals surface area contributed by atoms with E-state index in [0.29, 0.717) is 6.04 Å². The van der Waals surface area contributed by atoms with E-state index in [1.165, 1.54) is 12.8 Å². The summed E-state index contributed by atoms with van der Waals surface area (Å²) in [6.07, 6.45) is 5.17. The third-order valence-electron chi connectivity index (χ3n) is 3.44. The van der Waals surface area contributed by atoms with E-state index in [9.17, 15) is 0 Å². The summed E-state index contributed by atoms with van der Waals surface area (Å²) < 4.78 is 1.69. The zero-order chi connectivity index (χ0) is 12.9. The summed E-state index contributed by atoms with van der Waals surface area (Å²) >= 11 is 0. The molecule has 3 rings (SSSR count). The van der Waals surface area contributed by atoms with Gasteiger partial charge in [-0.25, -0.2) is 0 Å². The van der Waals surface area contributed by atoms with Gasteiger partial charge in [-0.05, 0) is 54.9 Å². The van der Waals surface area contributed by atoms with Crippen molar-refractivity contribution in [3.63, 3.8) is 0 Å². The van der Waals surface area contributed by atoms with Crippen molar-refractivity contribution in [2.45, 2.75) is 25.3 Å². The first-order chi connectivity index (χ1) is 9.43. The Labute approximate surface area is 112 Å². The molecule has 0 bridgehead atoms. The van der Waals surface area contributed by atoms with Crippen LogP contribution in [0.5, 0.6) is 0 Å². The third-order valence-corrected chi connectivity index (χ3v) is 3.44. The summed E-state index contributed by atoms with van der Waals surface area (Å²) in [7, 11) is 0. The molecule has 2 heterocycles. The van der Waals surface area contributed by atoms with Gasteiger partial charge < -0.3 is 10.6 Å². The van der Waals surface area contributed by atoms with E-state index < -0.39 is 0 Å². The van der Waals surface area contributed by atoms with Crippen molar-refractivity contribution in [3.05, 3.63) is 30.6 Å². The molecule has 1 saturated heterocycles. The number of hydrogen-bond acceptors (Lipinski definition) is 5. The summed E-state index contributed by atoms with van der Waals surface area (Å²) in [5, 5.41) is 18.4. The molecule has 1 unspecified atom stereocenters. The van der Waals surface area contributed by atoms with Crippen molar-refractivity contribution in [3.8, 4) is 5.69 Å². The molecule has 0 radical (unpaired) electrons. The van der Waals surface area contributed by atoms with Crippen LogP contribution in [0.25, 0.3) is 5.69 Å². The van der Waals surface area contributed by atoms with Crippen LogP contribution in [0.15, 0.2) is 30.6 Å². The maximum Gasteiger partial charge on any atom is 0.143 e. The Kier molecular flexibility index (Phi) is 3.69. The Morgan fingerprint density at radius 2 is 2.16 bits per heavy atom. The van der Waals surface area contributed by atoms with Gasteiger partial charge in [0.2, 0.25) is 0 Å². The van der Waals surface area contributed by atoms with Crippen LogP contribution in [-0.4, -0.2) is 39.3 Å². The fourth-order valence-corrected chi connectivity index (χ4v) is 2.45. The van der Waals surface area contributed by atoms with Crippen molar-refractivity contribution < 1.29 is 0 Å². The highest BCUT2D eigenvalue weighted by molar-refractivity contribution is 5.60. The molecule has 0 amide bonds. The predicted molar refractivity (Wildman–Crippen MR) is 73.3 cm³/mol. The van der Waals surface area contributed by atoms with Crippen LogP contribution in [0, 0.1) is 0 Å². The fraction of sp³-hybridized carbons (Fsp3) is 0.462. The van der Waals surface area contributed by atoms with Crippen LogP contribution in [0.2, 0.25) is 0 Å². The van der Waals surface area contributed by atoms with Gasteiger partial charge in [-0.3, -0.25) is 0 Å². The molecule has 0 saturated carbocycles. The van der Waals surface area contributed by atoms with E-state index >= 15 is 0 Å². The van der Waals surface area contributed by atoms with Crippen LogP contribution < -0.4 is 10.6 Å². The minimum absolute atomic E-state index is 0.507. The Balaban J connectivity index is 1.80. The molecule has 6 nitrogen and oxygen atoms in total. The van der Waals surface area contributed by atoms with Crippen molar-refractivity contribution in [2.24, 2.45) is 0 Å². The molecule has 6 heteroatoms. The lowest BCUT2D eigenvalue weighted by Gasteiger charge is -2.19. The number of benzene rings is 1. The first-order valence-electron chi connectivity index (χ1n) is 6.73. The maximum absolute atomic E-state index is 3.96. The molecule has 2 N–H and O–H groups in total. The molecule has 100 valence electrons. The average Bonchev–Trinajstić information content (AvgIpc) is 2.85. The lowest BCUT2D eigenvalue weighted by molar-refractivity contribution is 0.636. The van der Waals surface area contributed by atoms with Gasteiger partial charge in [0.15, 0.2) is 0 Å². The largest absolute Gasteiger partial charge is 0.381 e. The van der Waals surface area contributed by atoms with Crippen LogP contribution >= 0.6 is 0 Å². The Bertz CT molecular complexity index is 502. The normalized spacial score (nSPS) is 19.9. The number of para-hydroxylation sites is 2. The second kappa shape index (κ2) is 5.79. The highest BCUT2D eigenvalue weighted by atomic mass is 15.5. The van der Waals surface area contributed by atoms with Crippen molar-refractivity contribution >= 4 is 5.69 Å². The van der Waals surface area contributed by atoms with E-state index in [1.807, 2.05) is 18.2 Å². The first kappa shape index (κ1) is 12.1. The van der Waals surface area contributed by atoms with Crippen molar-refractivity contribution in [1.29, 1.82) is 0 Å². The molecule has 1 aromatic carbocycles. The lowest BCUT2D eigenvalue weighted by atomic mass is 10.1. The average molecular weight is 258 g/mol. The fourth-order valence-electron chi connectivity index (χ4n) is 2.45. The standard InChI is InChI=1S/C13H18N6/c1-2-6-13(19-10-15-17-18-19)12(5-1)16-11-4-3-8-14-9-7-11/h1-2,5-6,10-11,14,16H,3-4,7-9H2. The van der Waals surface area contributed by atoms with Crippen LogP contribution in [0.4, 0.5) is 5.69 Å². The zero-order valence-electron chi connectivity index (χ0n) is 10.8. The van der Waals surface area contributed by atoms with Crippen LogP contribution in [-0.2, 0) is 0 Å². The number of rotatable bonds is 3. The van der Waals surface area contributed by atoms with Gasteiger partial charge in [0.05, 0.1) is 11.4 Å². The van der Waals surface area contributed by atoms with Gasteiger partial charge >= 0.3 is 0 Å². The van der Waals surface area contributed by atoms with Gasteiger partial charge in [0.25, 0.3) is 0 Å². The minimum Gasteiger partial charge on any atom is -0.381 e. The van der Waals surface area contributed by atoms with Crippen LogP contribution in [0.3, 0.4) is 0 Å². The van der Waals surface area contributed by atoms with Crippen LogP contribution in [0.1, 0.15) is 19.3 Å². The molecule has 1 aromatic heterocycles. The number of hydrogen-bond donors (Lipinski definition) is 2. The minimum atomic E-state index is 0.507. The number of tetrazole rings is 1. The number of nitrogens with zero attached hydrogens (tertiary/aromatic N) is 4. The second-order valence-corrected chi connectivity index (χ2v) is 4.79. The molecule has 0 spiro atoms. The molecule has 1 aliphatic rings. The van der Waals surface area contributed by atoms with Gasteiger partial charge in [-0.15, -0.1) is 5.10 Å². The van der Waals surface area contributed by atoms with E-state index in [2.05, 4.69) is 32.2 Å². The number of aromatic nitrogens is 4. The van der Waals surface area contributed by atoms with Crippen molar-refractivity contribution in [1.82, 2.24) is 25.5 Å². The first-order valence-corrected chi connectivity index (χ1v) is 6.73. The quantitative estimate of drug-likeness (QED) is 0.866. The van der Waals surface area contributed by atoms with Gasteiger partial charge in [-0.1, -0.05) is 12.1 Å². The molecule has 19 heavy (non-hydrogen) atoms. The molecule has 1 fully saturated rings. The second-order valence-electron chi connectivity index (χ2n) is 4.79. The lowest BCUT2D eigenvalue weighted by Crippen LogP contribution is -2.22. The summed E-state index contributed by atoms with van der Waals surface area (Å²) in [6.45, 7) is 2.19. The summed E-state index contributed by atoms with van der Waals surface area (Å²) in [6, 6.07) is 8.64. The van der Waals surface area contributed by atoms with E-state index in [4.69, 9.17) is 0 Å². The predicted octanol–water partition coefficient (Wildman–Crippen LogP) is 1.22. The topological polar surface area (TPSA) is 67.7 Å². The zero-order valence-corrected chi connectivity index (χ0v) is 10.8. The van der Waals surface area contributed by atoms with Gasteiger partial charge in [0, 0.05) is 6.04 Å². The maximum atomic E-state index is 3.96. The molecule has 1 atom stereocenters. The molecule has 1 aliphatic heterocycles. The molecular formula is C13H18N6. The van der Waals surface area contributed by atoms with Crippen molar-refractivity contribution in [2.75, 3.05) is 18.4 Å². The molecular weight excluding hydrogens is 240 g/mol. The van der Waals surface area contributed by atoms with E-state index in [0.717, 1.165) is 30.9 Å². The van der Waals surface area contributed by atoms with Gasteiger partial charge in [-0.2, -0.15) is 4.68 Å². The Hall–Kier alpha value is -1.95. The summed E-state index contributed by atoms with van der Waals surface area (Å²) in [5.41, 5.74) is 2.08. The highest BCUT2D eigenvalue weighted by Gasteiger charge is 2.13. The monoisotopic (exact) mass is 258 g/mol. The Morgan fingerprint density at radius 3 is 3.05 bits per heavy atom. The molecule has 2 aromatic rings. The smallest absolute Gasteiger partial charge is 0.143 e. The van der Waals surface area contributed by atoms with E-state index in [1.54, 1.807) is 11.0 Å². The Morgan fingerprint density at radius 1 is 1.21 bits per heavy atom. The third kappa shape index (κ3) is 2.90. The number of nitrogens with one attached hydrogen (secondary N) is 2. The summed E-state index contributed by atoms with van der Waals surface area (Å²) in [4.78, 5) is 0. The van der Waals surface area contributed by atoms with Gasteiger partial charge in [0.1, 0.15) is 6.33 Å². The molecule has 0 aliphatic carbocycles. The highest BCUT2D eigenvalue weighted by Crippen LogP contribution is 2.21. The van der Waals surface area contributed by atoms with E-state index in [-0.39, 0.29) is 0 Å². The summed E-state index contributed by atoms with van der Waals surface area (Å²) in [5.74, 6) is 0. The number of anilines is 1. The SMILES string of the molecule is c1ccc(-n2cnnn2)c(NC2CCCNCC2)c1.